The molecule has 27 heavy (non-hydrogen) atoms. The van der Waals surface area contributed by atoms with E-state index in [4.69, 9.17) is 16.3 Å². The molecule has 1 saturated carbocycles. The van der Waals surface area contributed by atoms with Gasteiger partial charge in [0.2, 0.25) is 5.91 Å². The van der Waals surface area contributed by atoms with Crippen LogP contribution in [0.3, 0.4) is 0 Å². The first kappa shape index (κ1) is 23.8. The van der Waals surface area contributed by atoms with Crippen LogP contribution in [0.25, 0.3) is 0 Å². The summed E-state index contributed by atoms with van der Waals surface area (Å²) >= 11 is 5.87. The standard InChI is InChI=1S/C19H29ClN4O2.HI/c1-14(26-17-9-7-15(20)8-10-17)13-23-19(21-2)22-12-11-18(25)24-16-5-3-4-6-16;/h7-10,14,16H,3-6,11-13H2,1-2H3,(H,24,25)(H2,21,22,23);1H. The first-order chi connectivity index (χ1) is 12.6. The fourth-order valence-electron chi connectivity index (χ4n) is 2.91. The molecule has 0 saturated heterocycles. The van der Waals surface area contributed by atoms with Gasteiger partial charge < -0.3 is 20.7 Å². The third-order valence-corrected chi connectivity index (χ3v) is 4.55. The van der Waals surface area contributed by atoms with Gasteiger partial charge in [-0.25, -0.2) is 0 Å². The number of amides is 1. The zero-order valence-electron chi connectivity index (χ0n) is 16.0. The number of hydrogen-bond acceptors (Lipinski definition) is 3. The Morgan fingerprint density at radius 1 is 1.26 bits per heavy atom. The molecule has 3 N–H and O–H groups in total. The molecule has 2 rings (SSSR count). The lowest BCUT2D eigenvalue weighted by atomic mass is 10.2. The van der Waals surface area contributed by atoms with Gasteiger partial charge in [-0.2, -0.15) is 0 Å². The minimum atomic E-state index is -0.0413. The Kier molecular flexibility index (Phi) is 11.5. The zero-order valence-corrected chi connectivity index (χ0v) is 19.1. The van der Waals surface area contributed by atoms with Gasteiger partial charge >= 0.3 is 0 Å². The fourth-order valence-corrected chi connectivity index (χ4v) is 3.04. The summed E-state index contributed by atoms with van der Waals surface area (Å²) in [7, 11) is 1.71. The first-order valence-corrected chi connectivity index (χ1v) is 9.60. The third-order valence-electron chi connectivity index (χ3n) is 4.30. The summed E-state index contributed by atoms with van der Waals surface area (Å²) in [6.45, 7) is 3.12. The van der Waals surface area contributed by atoms with Gasteiger partial charge in [0.15, 0.2) is 5.96 Å². The van der Waals surface area contributed by atoms with Crippen LogP contribution in [-0.2, 0) is 4.79 Å². The summed E-state index contributed by atoms with van der Waals surface area (Å²) in [6.07, 6.45) is 5.04. The molecule has 0 aliphatic heterocycles. The smallest absolute Gasteiger partial charge is 0.221 e. The summed E-state index contributed by atoms with van der Waals surface area (Å²) in [4.78, 5) is 16.1. The van der Waals surface area contributed by atoms with Crippen molar-refractivity contribution in [2.45, 2.75) is 51.2 Å². The van der Waals surface area contributed by atoms with Crippen LogP contribution in [0.5, 0.6) is 5.75 Å². The highest BCUT2D eigenvalue weighted by molar-refractivity contribution is 14.0. The van der Waals surface area contributed by atoms with E-state index >= 15 is 0 Å². The van der Waals surface area contributed by atoms with Crippen molar-refractivity contribution in [3.8, 4) is 5.75 Å². The Morgan fingerprint density at radius 3 is 2.56 bits per heavy atom. The summed E-state index contributed by atoms with van der Waals surface area (Å²) < 4.78 is 5.81. The van der Waals surface area contributed by atoms with E-state index in [-0.39, 0.29) is 36.0 Å². The number of hydrogen-bond donors (Lipinski definition) is 3. The normalized spacial score (nSPS) is 15.6. The number of ether oxygens (including phenoxy) is 1. The van der Waals surface area contributed by atoms with E-state index in [1.54, 1.807) is 19.2 Å². The van der Waals surface area contributed by atoms with Crippen LogP contribution in [0, 0.1) is 0 Å². The summed E-state index contributed by atoms with van der Waals surface area (Å²) in [5.41, 5.74) is 0. The van der Waals surface area contributed by atoms with Crippen LogP contribution in [0.1, 0.15) is 39.0 Å². The lowest BCUT2D eigenvalue weighted by Gasteiger charge is -2.18. The molecule has 152 valence electrons. The van der Waals surface area contributed by atoms with E-state index < -0.39 is 0 Å². The van der Waals surface area contributed by atoms with Gasteiger partial charge in [0.1, 0.15) is 11.9 Å². The Bertz CT molecular complexity index is 592. The molecule has 6 nitrogen and oxygen atoms in total. The summed E-state index contributed by atoms with van der Waals surface area (Å²) in [5.74, 6) is 1.53. The van der Waals surface area contributed by atoms with Gasteiger partial charge in [-0.3, -0.25) is 9.79 Å². The minimum Gasteiger partial charge on any atom is -0.489 e. The SMILES string of the molecule is CN=C(NCCC(=O)NC1CCCC1)NCC(C)Oc1ccc(Cl)cc1.I. The van der Waals surface area contributed by atoms with Gasteiger partial charge in [-0.05, 0) is 44.0 Å². The number of benzene rings is 1. The lowest BCUT2D eigenvalue weighted by molar-refractivity contribution is -0.121. The second-order valence-electron chi connectivity index (χ2n) is 6.56. The van der Waals surface area contributed by atoms with Gasteiger partial charge in [0.05, 0.1) is 6.54 Å². The van der Waals surface area contributed by atoms with E-state index in [1.807, 2.05) is 19.1 Å². The highest BCUT2D eigenvalue weighted by Gasteiger charge is 2.16. The number of carbonyl (C=O) groups is 1. The molecule has 1 atom stereocenters. The number of nitrogens with zero attached hydrogens (tertiary/aromatic N) is 1. The maximum atomic E-state index is 11.9. The monoisotopic (exact) mass is 508 g/mol. The zero-order chi connectivity index (χ0) is 18.8. The van der Waals surface area contributed by atoms with Crippen LogP contribution in [0.15, 0.2) is 29.3 Å². The van der Waals surface area contributed by atoms with Crippen molar-refractivity contribution in [2.24, 2.45) is 4.99 Å². The number of guanidine groups is 1. The average molecular weight is 509 g/mol. The maximum Gasteiger partial charge on any atom is 0.221 e. The Balaban J connectivity index is 0.00000364. The van der Waals surface area contributed by atoms with E-state index in [0.717, 1.165) is 18.6 Å². The van der Waals surface area contributed by atoms with Crippen LogP contribution in [-0.4, -0.2) is 44.1 Å². The molecule has 1 unspecified atom stereocenters. The molecule has 1 aliphatic rings. The largest absolute Gasteiger partial charge is 0.489 e. The molecule has 0 bridgehead atoms. The summed E-state index contributed by atoms with van der Waals surface area (Å²) in [5, 5.41) is 10.1. The maximum absolute atomic E-state index is 11.9. The Hall–Kier alpha value is -1.22. The van der Waals surface area contributed by atoms with Gasteiger partial charge in [-0.15, -0.1) is 24.0 Å². The predicted octanol–water partition coefficient (Wildman–Crippen LogP) is 3.34. The van der Waals surface area contributed by atoms with Crippen LogP contribution >= 0.6 is 35.6 Å². The molecule has 0 heterocycles. The van der Waals surface area contributed by atoms with Crippen molar-refractivity contribution >= 4 is 47.4 Å². The quantitative estimate of drug-likeness (QED) is 0.286. The molecule has 8 heteroatoms. The average Bonchev–Trinajstić information content (AvgIpc) is 3.12. The van der Waals surface area contributed by atoms with Crippen molar-refractivity contribution in [1.82, 2.24) is 16.0 Å². The van der Waals surface area contributed by atoms with Crippen LogP contribution < -0.4 is 20.7 Å². The van der Waals surface area contributed by atoms with Crippen molar-refractivity contribution in [2.75, 3.05) is 20.1 Å². The van der Waals surface area contributed by atoms with Crippen molar-refractivity contribution in [3.05, 3.63) is 29.3 Å². The summed E-state index contributed by atoms with van der Waals surface area (Å²) in [6, 6.07) is 7.65. The fraction of sp³-hybridized carbons (Fsp3) is 0.579. The van der Waals surface area contributed by atoms with E-state index in [0.29, 0.717) is 36.5 Å². The second-order valence-corrected chi connectivity index (χ2v) is 7.00. The van der Waals surface area contributed by atoms with Crippen molar-refractivity contribution < 1.29 is 9.53 Å². The van der Waals surface area contributed by atoms with Crippen LogP contribution in [0.4, 0.5) is 0 Å². The first-order valence-electron chi connectivity index (χ1n) is 9.23. The van der Waals surface area contributed by atoms with E-state index in [9.17, 15) is 4.79 Å². The van der Waals surface area contributed by atoms with E-state index in [2.05, 4.69) is 20.9 Å². The third kappa shape index (κ3) is 9.51. The predicted molar refractivity (Wildman–Crippen MR) is 121 cm³/mol. The van der Waals surface area contributed by atoms with Crippen molar-refractivity contribution in [3.63, 3.8) is 0 Å². The molecule has 1 aliphatic carbocycles. The molecule has 1 amide bonds. The topological polar surface area (TPSA) is 74.8 Å². The molecule has 1 aromatic carbocycles. The Morgan fingerprint density at radius 2 is 1.93 bits per heavy atom. The van der Waals surface area contributed by atoms with Crippen LogP contribution in [0.2, 0.25) is 5.02 Å². The number of aliphatic imine (C=N–C) groups is 1. The molecular formula is C19H30ClIN4O2. The molecule has 0 spiro atoms. The highest BCUT2D eigenvalue weighted by atomic mass is 127. The van der Waals surface area contributed by atoms with Gasteiger partial charge in [0, 0.05) is 31.1 Å². The molecule has 0 aromatic heterocycles. The number of nitrogens with one attached hydrogen (secondary N) is 3. The number of halogens is 2. The molecule has 1 aromatic rings. The van der Waals surface area contributed by atoms with Gasteiger partial charge in [0.25, 0.3) is 0 Å². The lowest BCUT2D eigenvalue weighted by Crippen LogP contribution is -2.43. The number of rotatable bonds is 8. The molecule has 1 fully saturated rings. The molecular weight excluding hydrogens is 479 g/mol. The molecule has 0 radical (unpaired) electrons. The Labute approximate surface area is 183 Å². The van der Waals surface area contributed by atoms with E-state index in [1.165, 1.54) is 12.8 Å². The minimum absolute atomic E-state index is 0. The number of carbonyl (C=O) groups excluding carboxylic acids is 1. The highest BCUT2D eigenvalue weighted by Crippen LogP contribution is 2.17. The van der Waals surface area contributed by atoms with Crippen molar-refractivity contribution in [1.29, 1.82) is 0 Å². The van der Waals surface area contributed by atoms with Gasteiger partial charge in [-0.1, -0.05) is 24.4 Å². The second kappa shape index (κ2) is 13.0.